The van der Waals surface area contributed by atoms with Crippen molar-refractivity contribution in [2.45, 2.75) is 0 Å². The maximum Gasteiger partial charge on any atom is 0.277 e. The summed E-state index contributed by atoms with van der Waals surface area (Å²) in [7, 11) is 1.48. The van der Waals surface area contributed by atoms with Gasteiger partial charge < -0.3 is 10.5 Å². The smallest absolute Gasteiger partial charge is 0.277 e. The Labute approximate surface area is 129 Å². The Kier molecular flexibility index (Phi) is 3.48. The fourth-order valence-electron chi connectivity index (χ4n) is 2.03. The molecule has 0 saturated heterocycles. The van der Waals surface area contributed by atoms with Crippen LogP contribution < -0.4 is 10.5 Å². The lowest BCUT2D eigenvalue weighted by atomic mass is 10.1. The molecule has 3 rings (SSSR count). The number of aromatic nitrogens is 2. The summed E-state index contributed by atoms with van der Waals surface area (Å²) in [5, 5.41) is 0.495. The van der Waals surface area contributed by atoms with Gasteiger partial charge >= 0.3 is 0 Å². The Balaban J connectivity index is 2.39. The SMILES string of the molecule is COc1nc(Cl)c(-c2ccccc2)c2sc(C(N)=O)nc12. The van der Waals surface area contributed by atoms with Crippen LogP contribution in [0, 0.1) is 0 Å². The Morgan fingerprint density at radius 1 is 1.29 bits per heavy atom. The van der Waals surface area contributed by atoms with Gasteiger partial charge in [0.2, 0.25) is 5.88 Å². The molecule has 21 heavy (non-hydrogen) atoms. The van der Waals surface area contributed by atoms with Crippen LogP contribution >= 0.6 is 22.9 Å². The quantitative estimate of drug-likeness (QED) is 0.752. The number of methoxy groups -OCH3 is 1. The third-order valence-corrected chi connectivity index (χ3v) is 4.29. The number of pyridine rings is 1. The molecule has 2 heterocycles. The summed E-state index contributed by atoms with van der Waals surface area (Å²) in [5.74, 6) is -0.313. The van der Waals surface area contributed by atoms with Crippen molar-refractivity contribution in [1.29, 1.82) is 0 Å². The van der Waals surface area contributed by atoms with Crippen LogP contribution in [0.15, 0.2) is 30.3 Å². The van der Waals surface area contributed by atoms with Crippen molar-refractivity contribution in [3.05, 3.63) is 40.5 Å². The van der Waals surface area contributed by atoms with Crippen LogP contribution in [0.5, 0.6) is 5.88 Å². The third-order valence-electron chi connectivity index (χ3n) is 2.93. The van der Waals surface area contributed by atoms with Crippen LogP contribution in [-0.2, 0) is 0 Å². The molecule has 2 N–H and O–H groups in total. The second kappa shape index (κ2) is 5.31. The van der Waals surface area contributed by atoms with E-state index >= 15 is 0 Å². The molecule has 0 atom stereocenters. The van der Waals surface area contributed by atoms with Gasteiger partial charge in [-0.3, -0.25) is 4.79 Å². The van der Waals surface area contributed by atoms with Gasteiger partial charge in [-0.05, 0) is 5.56 Å². The fourth-order valence-corrected chi connectivity index (χ4v) is 3.34. The molecule has 0 spiro atoms. The van der Waals surface area contributed by atoms with Crippen LogP contribution in [0.2, 0.25) is 5.15 Å². The zero-order valence-electron chi connectivity index (χ0n) is 11.0. The Morgan fingerprint density at radius 2 is 2.00 bits per heavy atom. The molecule has 0 saturated carbocycles. The maximum absolute atomic E-state index is 11.4. The molecule has 0 unspecified atom stereocenters. The summed E-state index contributed by atoms with van der Waals surface area (Å²) >= 11 is 7.46. The number of carbonyl (C=O) groups is 1. The van der Waals surface area contributed by atoms with Crippen LogP contribution in [0.4, 0.5) is 0 Å². The molecule has 2 aromatic heterocycles. The molecule has 106 valence electrons. The molecular weight excluding hydrogens is 310 g/mol. The summed E-state index contributed by atoms with van der Waals surface area (Å²) in [6, 6.07) is 9.54. The highest BCUT2D eigenvalue weighted by Crippen LogP contribution is 2.40. The highest BCUT2D eigenvalue weighted by atomic mass is 35.5. The van der Waals surface area contributed by atoms with E-state index in [1.165, 1.54) is 18.4 Å². The second-order valence-corrected chi connectivity index (χ2v) is 5.57. The first-order chi connectivity index (χ1) is 10.1. The van der Waals surface area contributed by atoms with Crippen molar-refractivity contribution in [3.8, 4) is 17.0 Å². The number of amides is 1. The minimum Gasteiger partial charge on any atom is -0.479 e. The van der Waals surface area contributed by atoms with E-state index in [2.05, 4.69) is 9.97 Å². The van der Waals surface area contributed by atoms with E-state index < -0.39 is 5.91 Å². The standard InChI is InChI=1S/C14H10ClN3O2S/c1-20-13-9-10(21-14(17-9)12(16)19)8(11(15)18-13)7-5-3-2-4-6-7/h2-6H,1H3,(H2,16,19). The predicted octanol–water partition coefficient (Wildman–Crippen LogP) is 3.12. The van der Waals surface area contributed by atoms with E-state index in [-0.39, 0.29) is 10.9 Å². The molecule has 3 aromatic rings. The van der Waals surface area contributed by atoms with E-state index in [1.807, 2.05) is 30.3 Å². The highest BCUT2D eigenvalue weighted by Gasteiger charge is 2.20. The second-order valence-electron chi connectivity index (χ2n) is 4.21. The Morgan fingerprint density at radius 3 is 2.62 bits per heavy atom. The lowest BCUT2D eigenvalue weighted by Crippen LogP contribution is -2.09. The Hall–Kier alpha value is -2.18. The van der Waals surface area contributed by atoms with Gasteiger partial charge in [0.25, 0.3) is 5.91 Å². The molecule has 1 aromatic carbocycles. The van der Waals surface area contributed by atoms with Crippen LogP contribution in [0.1, 0.15) is 9.80 Å². The summed E-state index contributed by atoms with van der Waals surface area (Å²) in [6.07, 6.45) is 0. The number of nitrogens with zero attached hydrogens (tertiary/aromatic N) is 2. The normalized spacial score (nSPS) is 10.8. The zero-order chi connectivity index (χ0) is 15.0. The van der Waals surface area contributed by atoms with Gasteiger partial charge in [0, 0.05) is 5.56 Å². The number of benzene rings is 1. The van der Waals surface area contributed by atoms with Crippen LogP contribution in [-0.4, -0.2) is 23.0 Å². The van der Waals surface area contributed by atoms with E-state index in [4.69, 9.17) is 22.1 Å². The fraction of sp³-hybridized carbons (Fsp3) is 0.0714. The van der Waals surface area contributed by atoms with Crippen LogP contribution in [0.25, 0.3) is 21.3 Å². The first-order valence-corrected chi connectivity index (χ1v) is 7.20. The van der Waals surface area contributed by atoms with Gasteiger partial charge in [-0.15, -0.1) is 11.3 Å². The number of rotatable bonds is 3. The number of thiazole rings is 1. The highest BCUT2D eigenvalue weighted by molar-refractivity contribution is 7.21. The monoisotopic (exact) mass is 319 g/mol. The summed E-state index contributed by atoms with van der Waals surface area (Å²) < 4.78 is 5.92. The number of ether oxygens (including phenoxy) is 1. The lowest BCUT2D eigenvalue weighted by molar-refractivity contribution is 0.1000. The van der Waals surface area contributed by atoms with E-state index in [9.17, 15) is 4.79 Å². The van der Waals surface area contributed by atoms with Crippen molar-refractivity contribution in [2.75, 3.05) is 7.11 Å². The minimum atomic E-state index is -0.589. The van der Waals surface area contributed by atoms with E-state index in [0.717, 1.165) is 15.8 Å². The first kappa shape index (κ1) is 13.8. The Bertz CT molecular complexity index is 833. The molecule has 0 aliphatic rings. The van der Waals surface area contributed by atoms with Crippen molar-refractivity contribution in [2.24, 2.45) is 5.73 Å². The van der Waals surface area contributed by atoms with Gasteiger partial charge in [-0.25, -0.2) is 4.98 Å². The molecule has 7 heteroatoms. The van der Waals surface area contributed by atoms with Gasteiger partial charge in [0.1, 0.15) is 10.7 Å². The zero-order valence-corrected chi connectivity index (χ0v) is 12.5. The number of primary amides is 1. The summed E-state index contributed by atoms with van der Waals surface area (Å²) in [6.45, 7) is 0. The molecule has 5 nitrogen and oxygen atoms in total. The van der Waals surface area contributed by atoms with E-state index in [0.29, 0.717) is 10.7 Å². The van der Waals surface area contributed by atoms with Gasteiger partial charge in [0.15, 0.2) is 5.01 Å². The van der Waals surface area contributed by atoms with Crippen molar-refractivity contribution in [1.82, 2.24) is 9.97 Å². The van der Waals surface area contributed by atoms with Crippen molar-refractivity contribution in [3.63, 3.8) is 0 Å². The van der Waals surface area contributed by atoms with Crippen molar-refractivity contribution >= 4 is 39.1 Å². The maximum atomic E-state index is 11.4. The largest absolute Gasteiger partial charge is 0.479 e. The summed E-state index contributed by atoms with van der Waals surface area (Å²) in [5.41, 5.74) is 7.41. The number of fused-ring (bicyclic) bond motifs is 1. The number of hydrogen-bond acceptors (Lipinski definition) is 5. The predicted molar refractivity (Wildman–Crippen MR) is 82.9 cm³/mol. The first-order valence-electron chi connectivity index (χ1n) is 6.01. The minimum absolute atomic E-state index is 0.199. The molecule has 0 aliphatic heterocycles. The number of hydrogen-bond donors (Lipinski definition) is 1. The number of carbonyl (C=O) groups excluding carboxylic acids is 1. The summed E-state index contributed by atoms with van der Waals surface area (Å²) in [4.78, 5) is 19.8. The molecule has 1 amide bonds. The third kappa shape index (κ3) is 2.32. The van der Waals surface area contributed by atoms with Crippen LogP contribution in [0.3, 0.4) is 0 Å². The average Bonchev–Trinajstić information content (AvgIpc) is 2.92. The van der Waals surface area contributed by atoms with E-state index in [1.54, 1.807) is 0 Å². The number of nitrogens with two attached hydrogens (primary N) is 1. The van der Waals surface area contributed by atoms with Gasteiger partial charge in [-0.2, -0.15) is 4.98 Å². The average molecular weight is 320 g/mol. The lowest BCUT2D eigenvalue weighted by Gasteiger charge is -2.07. The topological polar surface area (TPSA) is 78.1 Å². The molecule has 0 radical (unpaired) electrons. The van der Waals surface area contributed by atoms with Crippen molar-refractivity contribution < 1.29 is 9.53 Å². The number of halogens is 1. The molecular formula is C14H10ClN3O2S. The molecule has 0 aliphatic carbocycles. The molecule has 0 fully saturated rings. The van der Waals surface area contributed by atoms with Gasteiger partial charge in [0.05, 0.1) is 11.8 Å². The molecule has 0 bridgehead atoms. The van der Waals surface area contributed by atoms with Gasteiger partial charge in [-0.1, -0.05) is 41.9 Å².